The summed E-state index contributed by atoms with van der Waals surface area (Å²) in [7, 11) is -3.90. The molecule has 0 radical (unpaired) electrons. The number of hydrogen-bond donors (Lipinski definition) is 2. The minimum absolute atomic E-state index is 0.00226. The average Bonchev–Trinajstić information content (AvgIpc) is 2.49. The summed E-state index contributed by atoms with van der Waals surface area (Å²) >= 11 is 11.4. The topological polar surface area (TPSA) is 88.2 Å². The van der Waals surface area contributed by atoms with E-state index in [-0.39, 0.29) is 15.1 Å². The van der Waals surface area contributed by atoms with Gasteiger partial charge >= 0.3 is 0 Å². The van der Waals surface area contributed by atoms with E-state index in [4.69, 9.17) is 23.2 Å². The van der Waals surface area contributed by atoms with Gasteiger partial charge in [-0.3, -0.25) is 4.79 Å². The van der Waals surface area contributed by atoms with Gasteiger partial charge in [0.25, 0.3) is 0 Å². The van der Waals surface area contributed by atoms with Gasteiger partial charge in [-0.2, -0.15) is 0 Å². The van der Waals surface area contributed by atoms with Gasteiger partial charge in [0.1, 0.15) is 10.0 Å². The molecule has 0 bridgehead atoms. The van der Waals surface area contributed by atoms with Crippen molar-refractivity contribution in [1.29, 1.82) is 0 Å². The number of hydrogen-bond acceptors (Lipinski definition) is 4. The number of anilines is 1. The molecule has 6 nitrogen and oxygen atoms in total. The predicted molar refractivity (Wildman–Crippen MR) is 84.5 cm³/mol. The third-order valence-corrected chi connectivity index (χ3v) is 4.62. The second-order valence-electron chi connectivity index (χ2n) is 4.18. The first-order chi connectivity index (χ1) is 10.4. The van der Waals surface area contributed by atoms with Crippen LogP contribution in [0.15, 0.2) is 47.5 Å². The van der Waals surface area contributed by atoms with Crippen LogP contribution in [0.5, 0.6) is 0 Å². The molecule has 0 aliphatic heterocycles. The third-order valence-electron chi connectivity index (χ3n) is 2.56. The van der Waals surface area contributed by atoms with Gasteiger partial charge < -0.3 is 5.32 Å². The Balaban J connectivity index is 2.00. The van der Waals surface area contributed by atoms with E-state index >= 15 is 0 Å². The van der Waals surface area contributed by atoms with Crippen molar-refractivity contribution in [3.8, 4) is 0 Å². The number of benzene rings is 1. The number of sulfonamides is 1. The van der Waals surface area contributed by atoms with E-state index in [0.717, 1.165) is 12.3 Å². The van der Waals surface area contributed by atoms with Crippen LogP contribution in [0, 0.1) is 0 Å². The van der Waals surface area contributed by atoms with Crippen LogP contribution in [0.2, 0.25) is 10.2 Å². The highest BCUT2D eigenvalue weighted by atomic mass is 35.5. The van der Waals surface area contributed by atoms with Gasteiger partial charge in [-0.25, -0.2) is 18.1 Å². The van der Waals surface area contributed by atoms with E-state index < -0.39 is 22.5 Å². The Kier molecular flexibility index (Phi) is 5.36. The van der Waals surface area contributed by atoms with Crippen molar-refractivity contribution < 1.29 is 13.2 Å². The van der Waals surface area contributed by atoms with Crippen molar-refractivity contribution in [2.24, 2.45) is 0 Å². The molecule has 2 aromatic rings. The Bertz CT molecular complexity index is 782. The highest BCUT2D eigenvalue weighted by Crippen LogP contribution is 2.21. The van der Waals surface area contributed by atoms with Crippen LogP contribution in [0.25, 0.3) is 0 Å². The molecule has 0 saturated heterocycles. The van der Waals surface area contributed by atoms with Gasteiger partial charge in [-0.05, 0) is 18.2 Å². The second kappa shape index (κ2) is 7.06. The first-order valence-electron chi connectivity index (χ1n) is 6.04. The first-order valence-corrected chi connectivity index (χ1v) is 8.28. The van der Waals surface area contributed by atoms with Crippen LogP contribution < -0.4 is 10.0 Å². The fourth-order valence-electron chi connectivity index (χ4n) is 1.52. The summed E-state index contributed by atoms with van der Waals surface area (Å²) in [6.45, 7) is -0.419. The lowest BCUT2D eigenvalue weighted by Gasteiger charge is -2.08. The van der Waals surface area contributed by atoms with Crippen LogP contribution in [-0.4, -0.2) is 25.9 Å². The van der Waals surface area contributed by atoms with Crippen LogP contribution in [-0.2, 0) is 14.8 Å². The summed E-state index contributed by atoms with van der Waals surface area (Å²) in [5, 5.41) is 2.57. The number of halogens is 2. The number of nitrogens with zero attached hydrogens (tertiary/aromatic N) is 1. The van der Waals surface area contributed by atoms with E-state index in [1.807, 2.05) is 0 Å². The predicted octanol–water partition coefficient (Wildman–Crippen LogP) is 2.31. The van der Waals surface area contributed by atoms with Crippen molar-refractivity contribution in [3.63, 3.8) is 0 Å². The second-order valence-corrected chi connectivity index (χ2v) is 6.71. The lowest BCUT2D eigenvalue weighted by molar-refractivity contribution is -0.115. The molecular weight excluding hydrogens is 349 g/mol. The maximum atomic E-state index is 12.0. The molecule has 1 amide bonds. The number of rotatable bonds is 5. The largest absolute Gasteiger partial charge is 0.325 e. The smallest absolute Gasteiger partial charge is 0.242 e. The molecule has 0 aliphatic carbocycles. The standard InChI is InChI=1S/C13H11Cl2N3O3S/c14-11-6-10(7-16-13(11)15)22(20,21)17-8-12(19)18-9-4-2-1-3-5-9/h1-7,17H,8H2,(H,18,19). The molecule has 1 heterocycles. The van der Waals surface area contributed by atoms with Crippen LogP contribution in [0.1, 0.15) is 0 Å². The summed E-state index contributed by atoms with van der Waals surface area (Å²) in [6, 6.07) is 9.84. The Labute approximate surface area is 137 Å². The van der Waals surface area contributed by atoms with E-state index in [1.54, 1.807) is 30.3 Å². The molecule has 0 saturated carbocycles. The van der Waals surface area contributed by atoms with Crippen molar-refractivity contribution in [2.75, 3.05) is 11.9 Å². The first kappa shape index (κ1) is 16.7. The monoisotopic (exact) mass is 359 g/mol. The Morgan fingerprint density at radius 1 is 1.18 bits per heavy atom. The number of carbonyl (C=O) groups excluding carboxylic acids is 1. The average molecular weight is 360 g/mol. The van der Waals surface area contributed by atoms with Crippen LogP contribution >= 0.6 is 23.2 Å². The molecule has 22 heavy (non-hydrogen) atoms. The molecule has 116 valence electrons. The fourth-order valence-corrected chi connectivity index (χ4v) is 2.81. The number of pyridine rings is 1. The number of para-hydroxylation sites is 1. The fraction of sp³-hybridized carbons (Fsp3) is 0.0769. The summed E-state index contributed by atoms with van der Waals surface area (Å²) in [6.07, 6.45) is 1.06. The highest BCUT2D eigenvalue weighted by Gasteiger charge is 2.17. The normalized spacial score (nSPS) is 11.2. The minimum atomic E-state index is -3.90. The van der Waals surface area contributed by atoms with Crippen molar-refractivity contribution >= 4 is 44.8 Å². The van der Waals surface area contributed by atoms with Crippen molar-refractivity contribution in [3.05, 3.63) is 52.8 Å². The van der Waals surface area contributed by atoms with E-state index in [1.165, 1.54) is 0 Å². The van der Waals surface area contributed by atoms with Gasteiger partial charge in [0, 0.05) is 11.9 Å². The molecule has 0 unspecified atom stereocenters. The molecule has 2 N–H and O–H groups in total. The molecule has 0 aliphatic rings. The number of aromatic nitrogens is 1. The quantitative estimate of drug-likeness (QED) is 0.801. The maximum Gasteiger partial charge on any atom is 0.242 e. The number of carbonyl (C=O) groups is 1. The van der Waals surface area contributed by atoms with Crippen molar-refractivity contribution in [1.82, 2.24) is 9.71 Å². The zero-order valence-corrected chi connectivity index (χ0v) is 13.4. The molecule has 2 rings (SSSR count). The Morgan fingerprint density at radius 3 is 2.50 bits per heavy atom. The summed E-state index contributed by atoms with van der Waals surface area (Å²) in [5.74, 6) is -0.497. The summed E-state index contributed by atoms with van der Waals surface area (Å²) in [4.78, 5) is 15.2. The third kappa shape index (κ3) is 4.41. The molecule has 1 aromatic carbocycles. The van der Waals surface area contributed by atoms with Gasteiger partial charge in [0.05, 0.1) is 11.6 Å². The van der Waals surface area contributed by atoms with Crippen molar-refractivity contribution in [2.45, 2.75) is 4.90 Å². The van der Waals surface area contributed by atoms with Gasteiger partial charge in [0.2, 0.25) is 15.9 Å². The lowest BCUT2D eigenvalue weighted by atomic mass is 10.3. The van der Waals surface area contributed by atoms with E-state index in [0.29, 0.717) is 5.69 Å². The number of amides is 1. The highest BCUT2D eigenvalue weighted by molar-refractivity contribution is 7.89. The Hall–Kier alpha value is -1.67. The zero-order chi connectivity index (χ0) is 16.2. The van der Waals surface area contributed by atoms with Gasteiger partial charge in [0.15, 0.2) is 0 Å². The van der Waals surface area contributed by atoms with Crippen LogP contribution in [0.3, 0.4) is 0 Å². The minimum Gasteiger partial charge on any atom is -0.325 e. The molecule has 0 atom stereocenters. The molecule has 0 fully saturated rings. The maximum absolute atomic E-state index is 12.0. The lowest BCUT2D eigenvalue weighted by Crippen LogP contribution is -2.33. The SMILES string of the molecule is O=C(CNS(=O)(=O)c1cnc(Cl)c(Cl)c1)Nc1ccccc1. The Morgan fingerprint density at radius 2 is 1.86 bits per heavy atom. The summed E-state index contributed by atoms with van der Waals surface area (Å²) < 4.78 is 26.2. The van der Waals surface area contributed by atoms with Gasteiger partial charge in [-0.15, -0.1) is 0 Å². The number of nitrogens with one attached hydrogen (secondary N) is 2. The molecule has 9 heteroatoms. The molecule has 0 spiro atoms. The summed E-state index contributed by atoms with van der Waals surface area (Å²) in [5.41, 5.74) is 0.572. The van der Waals surface area contributed by atoms with Gasteiger partial charge in [-0.1, -0.05) is 41.4 Å². The van der Waals surface area contributed by atoms with E-state index in [2.05, 4.69) is 15.0 Å². The van der Waals surface area contributed by atoms with E-state index in [9.17, 15) is 13.2 Å². The van der Waals surface area contributed by atoms with Crippen LogP contribution in [0.4, 0.5) is 5.69 Å². The molecular formula is C13H11Cl2N3O3S. The zero-order valence-electron chi connectivity index (χ0n) is 11.1. The molecule has 1 aromatic heterocycles.